The normalized spacial score (nSPS) is 27.0. The van der Waals surface area contributed by atoms with Crippen LogP contribution in [0.1, 0.15) is 25.3 Å². The Balaban J connectivity index is 1.45. The Morgan fingerprint density at radius 3 is 3.17 bits per heavy atom. The van der Waals surface area contributed by atoms with Gasteiger partial charge in [0.25, 0.3) is 0 Å². The van der Waals surface area contributed by atoms with Gasteiger partial charge >= 0.3 is 0 Å². The number of hydrogen-bond acceptors (Lipinski definition) is 3. The smallest absolute Gasteiger partial charge is 0.231 e. The zero-order chi connectivity index (χ0) is 16.6. The molecule has 5 nitrogen and oxygen atoms in total. The molecule has 1 aromatic carbocycles. The fraction of sp³-hybridized carbons (Fsp3) is 0.526. The van der Waals surface area contributed by atoms with Gasteiger partial charge in [0.05, 0.1) is 12.5 Å². The van der Waals surface area contributed by atoms with Crippen molar-refractivity contribution in [3.63, 3.8) is 0 Å². The lowest BCUT2D eigenvalue weighted by atomic mass is 9.89. The Kier molecular flexibility index (Phi) is 4.06. The Bertz CT molecular complexity index is 741. The molecule has 2 aromatic rings. The van der Waals surface area contributed by atoms with E-state index in [9.17, 15) is 4.79 Å². The summed E-state index contributed by atoms with van der Waals surface area (Å²) in [5.74, 6) is -0.621. The first-order valence-electron chi connectivity index (χ1n) is 8.85. The van der Waals surface area contributed by atoms with Gasteiger partial charge in [-0.05, 0) is 31.4 Å². The van der Waals surface area contributed by atoms with Crippen molar-refractivity contribution in [2.75, 3.05) is 26.3 Å². The highest BCUT2D eigenvalue weighted by Crippen LogP contribution is 2.40. The lowest BCUT2D eigenvalue weighted by molar-refractivity contribution is -0.243. The Hall–Kier alpha value is -1.85. The molecule has 2 fully saturated rings. The first kappa shape index (κ1) is 15.7. The fourth-order valence-corrected chi connectivity index (χ4v) is 4.12. The molecule has 3 heterocycles. The minimum absolute atomic E-state index is 0.144. The molecule has 2 aliphatic heterocycles. The van der Waals surface area contributed by atoms with Gasteiger partial charge in [-0.3, -0.25) is 4.79 Å². The van der Waals surface area contributed by atoms with Gasteiger partial charge in [0.1, 0.15) is 0 Å². The lowest BCUT2D eigenvalue weighted by Crippen LogP contribution is -2.55. The van der Waals surface area contributed by atoms with Crippen LogP contribution in [-0.4, -0.2) is 47.9 Å². The summed E-state index contributed by atoms with van der Waals surface area (Å²) in [6.45, 7) is 4.62. The average Bonchev–Trinajstić information content (AvgIpc) is 3.20. The quantitative estimate of drug-likeness (QED) is 0.918. The van der Waals surface area contributed by atoms with Crippen LogP contribution in [-0.2, 0) is 20.7 Å². The lowest BCUT2D eigenvalue weighted by Gasteiger charge is -2.41. The maximum absolute atomic E-state index is 12.9. The van der Waals surface area contributed by atoms with Crippen molar-refractivity contribution >= 4 is 16.8 Å². The Morgan fingerprint density at radius 2 is 2.29 bits per heavy atom. The number of likely N-dealkylation sites (tertiary alicyclic amines) is 1. The second-order valence-corrected chi connectivity index (χ2v) is 6.62. The molecule has 2 atom stereocenters. The van der Waals surface area contributed by atoms with E-state index in [0.29, 0.717) is 19.8 Å². The fourth-order valence-electron chi connectivity index (χ4n) is 4.12. The van der Waals surface area contributed by atoms with Gasteiger partial charge in [-0.25, -0.2) is 0 Å². The molecule has 2 saturated heterocycles. The van der Waals surface area contributed by atoms with E-state index >= 15 is 0 Å². The van der Waals surface area contributed by atoms with Gasteiger partial charge in [-0.2, -0.15) is 0 Å². The maximum atomic E-state index is 12.9. The number of rotatable bonds is 5. The van der Waals surface area contributed by atoms with E-state index < -0.39 is 5.79 Å². The Labute approximate surface area is 141 Å². The van der Waals surface area contributed by atoms with Crippen molar-refractivity contribution in [1.29, 1.82) is 0 Å². The molecule has 1 N–H and O–H groups in total. The molecule has 4 rings (SSSR count). The van der Waals surface area contributed by atoms with Crippen LogP contribution in [0.4, 0.5) is 0 Å². The topological polar surface area (TPSA) is 54.6 Å². The summed E-state index contributed by atoms with van der Waals surface area (Å²) in [6, 6.07) is 8.30. The van der Waals surface area contributed by atoms with E-state index in [2.05, 4.69) is 29.4 Å². The molecule has 0 bridgehead atoms. The number of hydrogen-bond donors (Lipinski definition) is 1. The van der Waals surface area contributed by atoms with Gasteiger partial charge in [0.15, 0.2) is 5.79 Å². The molecule has 1 amide bonds. The van der Waals surface area contributed by atoms with Crippen molar-refractivity contribution < 1.29 is 14.3 Å². The van der Waals surface area contributed by atoms with Crippen LogP contribution in [0.3, 0.4) is 0 Å². The van der Waals surface area contributed by atoms with Crippen molar-refractivity contribution in [3.05, 3.63) is 36.0 Å². The van der Waals surface area contributed by atoms with Gasteiger partial charge in [0, 0.05) is 43.2 Å². The molecule has 24 heavy (non-hydrogen) atoms. The molecule has 128 valence electrons. The number of para-hydroxylation sites is 1. The second-order valence-electron chi connectivity index (χ2n) is 6.62. The standard InChI is InChI=1S/C19H24N2O3/c1-2-23-19-9-11-21(18(22)16(19)8-12-24-19)10-7-14-13-20-17-6-4-3-5-15(14)17/h3-6,13,16,20H,2,7-12H2,1H3. The van der Waals surface area contributed by atoms with Crippen LogP contribution < -0.4 is 0 Å². The zero-order valence-electron chi connectivity index (χ0n) is 14.1. The van der Waals surface area contributed by atoms with Gasteiger partial charge < -0.3 is 19.4 Å². The van der Waals surface area contributed by atoms with E-state index in [1.165, 1.54) is 10.9 Å². The summed E-state index contributed by atoms with van der Waals surface area (Å²) in [6.07, 6.45) is 4.46. The third-order valence-corrected chi connectivity index (χ3v) is 5.34. The SMILES string of the molecule is CCOC12CCN(CCc3c[nH]c4ccccc34)C(=O)C1CCO2. The number of carbonyl (C=O) groups excluding carboxylic acids is 1. The number of aromatic amines is 1. The highest BCUT2D eigenvalue weighted by Gasteiger charge is 2.53. The highest BCUT2D eigenvalue weighted by molar-refractivity contribution is 5.83. The molecule has 1 aromatic heterocycles. The molecular formula is C19H24N2O3. The van der Waals surface area contributed by atoms with Crippen molar-refractivity contribution in [2.24, 2.45) is 5.92 Å². The number of nitrogens with zero attached hydrogens (tertiary/aromatic N) is 1. The third-order valence-electron chi connectivity index (χ3n) is 5.34. The van der Waals surface area contributed by atoms with Crippen LogP contribution in [0.5, 0.6) is 0 Å². The van der Waals surface area contributed by atoms with Crippen LogP contribution in [0.2, 0.25) is 0 Å². The number of benzene rings is 1. The van der Waals surface area contributed by atoms with E-state index in [1.54, 1.807) is 0 Å². The van der Waals surface area contributed by atoms with Gasteiger partial charge in [0.2, 0.25) is 5.91 Å². The number of carbonyl (C=O) groups is 1. The predicted octanol–water partition coefficient (Wildman–Crippen LogP) is 2.71. The maximum Gasteiger partial charge on any atom is 0.231 e. The average molecular weight is 328 g/mol. The first-order chi connectivity index (χ1) is 11.7. The van der Waals surface area contributed by atoms with E-state index in [0.717, 1.165) is 31.3 Å². The largest absolute Gasteiger partial charge is 0.361 e. The molecule has 0 spiro atoms. The zero-order valence-corrected chi connectivity index (χ0v) is 14.1. The first-order valence-corrected chi connectivity index (χ1v) is 8.85. The number of ether oxygens (including phenoxy) is 2. The van der Waals surface area contributed by atoms with E-state index in [1.807, 2.05) is 17.9 Å². The summed E-state index contributed by atoms with van der Waals surface area (Å²) in [5, 5.41) is 1.25. The van der Waals surface area contributed by atoms with Gasteiger partial charge in [-0.1, -0.05) is 18.2 Å². The molecule has 5 heteroatoms. The molecule has 0 radical (unpaired) electrons. The summed E-state index contributed by atoms with van der Waals surface area (Å²) >= 11 is 0. The third kappa shape index (κ3) is 2.52. The molecule has 0 saturated carbocycles. The summed E-state index contributed by atoms with van der Waals surface area (Å²) in [7, 11) is 0. The molecule has 2 unspecified atom stereocenters. The number of amides is 1. The summed E-state index contributed by atoms with van der Waals surface area (Å²) < 4.78 is 11.7. The molecule has 0 aliphatic carbocycles. The summed E-state index contributed by atoms with van der Waals surface area (Å²) in [5.41, 5.74) is 2.42. The van der Waals surface area contributed by atoms with Crippen LogP contribution in [0.25, 0.3) is 10.9 Å². The summed E-state index contributed by atoms with van der Waals surface area (Å²) in [4.78, 5) is 18.2. The molecular weight excluding hydrogens is 304 g/mol. The minimum Gasteiger partial charge on any atom is -0.361 e. The van der Waals surface area contributed by atoms with E-state index in [4.69, 9.17) is 9.47 Å². The number of fused-ring (bicyclic) bond motifs is 2. The number of aromatic nitrogens is 1. The number of nitrogens with one attached hydrogen (secondary N) is 1. The van der Waals surface area contributed by atoms with Crippen molar-refractivity contribution in [1.82, 2.24) is 9.88 Å². The minimum atomic E-state index is -0.664. The van der Waals surface area contributed by atoms with Crippen molar-refractivity contribution in [2.45, 2.75) is 32.0 Å². The highest BCUT2D eigenvalue weighted by atomic mass is 16.7. The molecule has 2 aliphatic rings. The predicted molar refractivity (Wildman–Crippen MR) is 91.6 cm³/mol. The van der Waals surface area contributed by atoms with Crippen LogP contribution >= 0.6 is 0 Å². The van der Waals surface area contributed by atoms with Crippen LogP contribution in [0.15, 0.2) is 30.5 Å². The monoisotopic (exact) mass is 328 g/mol. The van der Waals surface area contributed by atoms with Gasteiger partial charge in [-0.15, -0.1) is 0 Å². The Morgan fingerprint density at radius 1 is 1.42 bits per heavy atom. The van der Waals surface area contributed by atoms with E-state index in [-0.39, 0.29) is 11.8 Å². The second kappa shape index (κ2) is 6.22. The number of H-pyrrole nitrogens is 1. The van der Waals surface area contributed by atoms with Crippen molar-refractivity contribution in [3.8, 4) is 0 Å². The van der Waals surface area contributed by atoms with Crippen LogP contribution in [0, 0.1) is 5.92 Å². The number of piperidine rings is 1.